The van der Waals surface area contributed by atoms with Gasteiger partial charge in [-0.2, -0.15) is 0 Å². The van der Waals surface area contributed by atoms with Gasteiger partial charge in [-0.3, -0.25) is 0 Å². The second-order valence-electron chi connectivity index (χ2n) is 4.37. The highest BCUT2D eigenvalue weighted by atomic mass is 31.1. The van der Waals surface area contributed by atoms with E-state index in [-0.39, 0.29) is 0 Å². The average molecular weight is 262 g/mol. The van der Waals surface area contributed by atoms with Gasteiger partial charge in [0, 0.05) is 0 Å². The van der Waals surface area contributed by atoms with E-state index in [9.17, 15) is 4.57 Å². The van der Waals surface area contributed by atoms with Crippen molar-refractivity contribution in [3.63, 3.8) is 0 Å². The summed E-state index contributed by atoms with van der Waals surface area (Å²) in [7, 11) is -2.78. The van der Waals surface area contributed by atoms with Crippen LogP contribution < -0.4 is 0 Å². The Labute approximate surface area is 106 Å². The lowest BCUT2D eigenvalue weighted by atomic mass is 10.1. The first-order valence-electron chi connectivity index (χ1n) is 6.82. The van der Waals surface area contributed by atoms with Crippen molar-refractivity contribution in [3.05, 3.63) is 12.3 Å². The van der Waals surface area contributed by atoms with Crippen LogP contribution in [0.3, 0.4) is 0 Å². The SMILES string of the molecule is CCCCCCCCCCCC=CO[PH](=O)O. The van der Waals surface area contributed by atoms with E-state index in [0.717, 1.165) is 12.8 Å². The molecule has 0 aliphatic heterocycles. The van der Waals surface area contributed by atoms with Gasteiger partial charge >= 0.3 is 8.25 Å². The molecule has 0 amide bonds. The van der Waals surface area contributed by atoms with Gasteiger partial charge in [-0.1, -0.05) is 58.3 Å². The average Bonchev–Trinajstić information content (AvgIpc) is 2.30. The number of unbranched alkanes of at least 4 members (excludes halogenated alkanes) is 9. The molecule has 3 nitrogen and oxygen atoms in total. The minimum absolute atomic E-state index is 0.935. The molecule has 1 N–H and O–H groups in total. The van der Waals surface area contributed by atoms with E-state index in [0.29, 0.717) is 0 Å². The van der Waals surface area contributed by atoms with Gasteiger partial charge in [0.25, 0.3) is 0 Å². The highest BCUT2D eigenvalue weighted by Gasteiger charge is 1.91. The van der Waals surface area contributed by atoms with E-state index >= 15 is 0 Å². The van der Waals surface area contributed by atoms with Crippen LogP contribution in [0.15, 0.2) is 12.3 Å². The molecule has 0 spiro atoms. The molecule has 0 aliphatic carbocycles. The Morgan fingerprint density at radius 1 is 1.00 bits per heavy atom. The number of rotatable bonds is 12. The highest BCUT2D eigenvalue weighted by molar-refractivity contribution is 7.32. The first-order chi connectivity index (χ1) is 8.27. The fourth-order valence-corrected chi connectivity index (χ4v) is 1.96. The van der Waals surface area contributed by atoms with Crippen molar-refractivity contribution >= 4 is 8.25 Å². The summed E-state index contributed by atoms with van der Waals surface area (Å²) < 4.78 is 14.6. The van der Waals surface area contributed by atoms with Gasteiger partial charge in [-0.05, 0) is 18.9 Å². The summed E-state index contributed by atoms with van der Waals surface area (Å²) in [5, 5.41) is 0. The van der Waals surface area contributed by atoms with Crippen molar-refractivity contribution in [1.29, 1.82) is 0 Å². The Hall–Kier alpha value is -0.270. The Morgan fingerprint density at radius 2 is 1.53 bits per heavy atom. The van der Waals surface area contributed by atoms with Gasteiger partial charge < -0.3 is 9.42 Å². The Bertz CT molecular complexity index is 205. The monoisotopic (exact) mass is 262 g/mol. The molecule has 0 saturated heterocycles. The lowest BCUT2D eigenvalue weighted by molar-refractivity contribution is 0.377. The molecule has 17 heavy (non-hydrogen) atoms. The van der Waals surface area contributed by atoms with Crippen molar-refractivity contribution < 1.29 is 14.0 Å². The van der Waals surface area contributed by atoms with Crippen LogP contribution in [0.5, 0.6) is 0 Å². The zero-order chi connectivity index (χ0) is 12.8. The molecule has 1 atom stereocenters. The molecule has 0 saturated carbocycles. The maximum Gasteiger partial charge on any atom is 0.364 e. The zero-order valence-corrected chi connectivity index (χ0v) is 12.0. The van der Waals surface area contributed by atoms with E-state index in [2.05, 4.69) is 11.4 Å². The zero-order valence-electron chi connectivity index (χ0n) is 11.0. The summed E-state index contributed by atoms with van der Waals surface area (Å²) in [5.41, 5.74) is 0. The highest BCUT2D eigenvalue weighted by Crippen LogP contribution is 2.15. The molecule has 1 unspecified atom stereocenters. The molecule has 0 aromatic heterocycles. The molecule has 0 aromatic rings. The summed E-state index contributed by atoms with van der Waals surface area (Å²) in [4.78, 5) is 8.39. The van der Waals surface area contributed by atoms with Gasteiger partial charge in [-0.15, -0.1) is 0 Å². The van der Waals surface area contributed by atoms with E-state index in [1.807, 2.05) is 6.08 Å². The molecule has 0 rings (SSSR count). The van der Waals surface area contributed by atoms with E-state index in [4.69, 9.17) is 4.89 Å². The van der Waals surface area contributed by atoms with Crippen LogP contribution >= 0.6 is 8.25 Å². The van der Waals surface area contributed by atoms with Crippen LogP contribution in [0.1, 0.15) is 71.1 Å². The van der Waals surface area contributed by atoms with Crippen LogP contribution in [0.4, 0.5) is 0 Å². The van der Waals surface area contributed by atoms with Gasteiger partial charge in [-0.25, -0.2) is 4.57 Å². The van der Waals surface area contributed by atoms with Crippen LogP contribution in [-0.4, -0.2) is 4.89 Å². The third kappa shape index (κ3) is 15.7. The van der Waals surface area contributed by atoms with E-state index in [1.165, 1.54) is 57.6 Å². The Balaban J connectivity index is 3.03. The minimum atomic E-state index is -2.78. The molecule has 0 aliphatic rings. The molecule has 0 radical (unpaired) electrons. The van der Waals surface area contributed by atoms with Gasteiger partial charge in [0.05, 0.1) is 6.26 Å². The normalized spacial score (nSPS) is 13.1. The number of hydrogen-bond acceptors (Lipinski definition) is 2. The Kier molecular flexibility index (Phi) is 13.6. The molecule has 102 valence electrons. The van der Waals surface area contributed by atoms with Crippen molar-refractivity contribution in [2.24, 2.45) is 0 Å². The molecule has 0 bridgehead atoms. The molecule has 0 aromatic carbocycles. The number of allylic oxidation sites excluding steroid dienone is 1. The molecule has 4 heteroatoms. The first-order valence-corrected chi connectivity index (χ1v) is 8.08. The topological polar surface area (TPSA) is 46.5 Å². The fourth-order valence-electron chi connectivity index (χ4n) is 1.75. The summed E-state index contributed by atoms with van der Waals surface area (Å²) >= 11 is 0. The first kappa shape index (κ1) is 16.7. The van der Waals surface area contributed by atoms with E-state index < -0.39 is 8.25 Å². The summed E-state index contributed by atoms with van der Waals surface area (Å²) in [6.07, 6.45) is 15.9. The van der Waals surface area contributed by atoms with Crippen LogP contribution in [-0.2, 0) is 9.09 Å². The summed E-state index contributed by atoms with van der Waals surface area (Å²) in [5.74, 6) is 0. The van der Waals surface area contributed by atoms with Gasteiger partial charge in [0.15, 0.2) is 0 Å². The van der Waals surface area contributed by atoms with Crippen molar-refractivity contribution in [2.75, 3.05) is 0 Å². The molecular weight excluding hydrogens is 235 g/mol. The van der Waals surface area contributed by atoms with Crippen LogP contribution in [0.25, 0.3) is 0 Å². The Morgan fingerprint density at radius 3 is 2.06 bits per heavy atom. The number of hydrogen-bond donors (Lipinski definition) is 1. The minimum Gasteiger partial charge on any atom is -0.435 e. The third-order valence-corrected chi connectivity index (χ3v) is 3.08. The lowest BCUT2D eigenvalue weighted by Crippen LogP contribution is -1.80. The van der Waals surface area contributed by atoms with Gasteiger partial charge in [0.2, 0.25) is 0 Å². The maximum absolute atomic E-state index is 10.2. The molecule has 0 heterocycles. The second-order valence-corrected chi connectivity index (χ2v) is 5.14. The lowest BCUT2D eigenvalue weighted by Gasteiger charge is -2.00. The quantitative estimate of drug-likeness (QED) is 0.311. The predicted octanol–water partition coefficient (Wildman–Crippen LogP) is 4.82. The van der Waals surface area contributed by atoms with Crippen LogP contribution in [0.2, 0.25) is 0 Å². The van der Waals surface area contributed by atoms with Crippen molar-refractivity contribution in [3.8, 4) is 0 Å². The second kappa shape index (κ2) is 13.8. The largest absolute Gasteiger partial charge is 0.435 e. The van der Waals surface area contributed by atoms with E-state index in [1.54, 1.807) is 0 Å². The molecular formula is C13H27O3P. The molecule has 0 fully saturated rings. The third-order valence-electron chi connectivity index (χ3n) is 2.74. The summed E-state index contributed by atoms with van der Waals surface area (Å²) in [6.45, 7) is 2.24. The standard InChI is InChI=1S/C13H27O3P/c1-2-3-4-5-6-7-8-9-10-11-12-13-16-17(14)15/h12-13,17H,2-11H2,1H3,(H,14,15). The smallest absolute Gasteiger partial charge is 0.364 e. The van der Waals surface area contributed by atoms with Crippen molar-refractivity contribution in [2.45, 2.75) is 71.1 Å². The predicted molar refractivity (Wildman–Crippen MR) is 73.3 cm³/mol. The van der Waals surface area contributed by atoms with Crippen LogP contribution in [0, 0.1) is 0 Å². The van der Waals surface area contributed by atoms with Crippen molar-refractivity contribution in [1.82, 2.24) is 0 Å². The maximum atomic E-state index is 10.2. The van der Waals surface area contributed by atoms with Gasteiger partial charge in [0.1, 0.15) is 0 Å². The summed E-state index contributed by atoms with van der Waals surface area (Å²) in [6, 6.07) is 0. The fraction of sp³-hybridized carbons (Fsp3) is 0.846.